The number of ether oxygens (including phenoxy) is 1. The number of carbonyl (C=O) groups excluding carboxylic acids is 1. The molecule has 7 heteroatoms. The normalized spacial score (nSPS) is 16.1. The summed E-state index contributed by atoms with van der Waals surface area (Å²) < 4.78 is 21.2. The Hall–Kier alpha value is -2.93. The first kappa shape index (κ1) is 18.4. The predicted octanol–water partition coefficient (Wildman–Crippen LogP) is 3.03. The predicted molar refractivity (Wildman–Crippen MR) is 103 cm³/mol. The van der Waals surface area contributed by atoms with Crippen LogP contribution in [0.25, 0.3) is 11.4 Å². The number of H-pyrrole nitrogens is 1. The van der Waals surface area contributed by atoms with Gasteiger partial charge in [-0.05, 0) is 48.7 Å². The molecule has 2 aromatic heterocycles. The molecule has 0 spiro atoms. The highest BCUT2D eigenvalue weighted by molar-refractivity contribution is 5.93. The molecule has 1 aliphatic rings. The Bertz CT molecular complexity index is 972. The van der Waals surface area contributed by atoms with Crippen LogP contribution in [0.2, 0.25) is 0 Å². The summed E-state index contributed by atoms with van der Waals surface area (Å²) in [7, 11) is 1.93. The van der Waals surface area contributed by atoms with Crippen LogP contribution in [0.15, 0.2) is 48.7 Å². The highest BCUT2D eigenvalue weighted by Crippen LogP contribution is 2.34. The number of aryl methyl sites for hydroxylation is 1. The van der Waals surface area contributed by atoms with Crippen LogP contribution in [0, 0.1) is 5.82 Å². The SMILES string of the molecule is Cn1cccc1-c1cc(C(=O)NCC2(c3cccc(F)c3)CCOCC2)[nH]n1. The number of halogens is 1. The van der Waals surface area contributed by atoms with Gasteiger partial charge >= 0.3 is 0 Å². The number of benzene rings is 1. The molecule has 28 heavy (non-hydrogen) atoms. The molecule has 146 valence electrons. The number of carbonyl (C=O) groups is 1. The van der Waals surface area contributed by atoms with Crippen molar-refractivity contribution in [3.05, 3.63) is 65.7 Å². The highest BCUT2D eigenvalue weighted by atomic mass is 19.1. The van der Waals surface area contributed by atoms with E-state index in [1.807, 2.05) is 36.0 Å². The zero-order valence-electron chi connectivity index (χ0n) is 15.7. The minimum Gasteiger partial charge on any atom is -0.381 e. The van der Waals surface area contributed by atoms with Crippen molar-refractivity contribution in [2.24, 2.45) is 7.05 Å². The van der Waals surface area contributed by atoms with E-state index in [-0.39, 0.29) is 17.1 Å². The van der Waals surface area contributed by atoms with Gasteiger partial charge in [0.15, 0.2) is 0 Å². The second kappa shape index (κ2) is 7.59. The zero-order chi connectivity index (χ0) is 19.6. The molecule has 4 rings (SSSR count). The first-order valence-corrected chi connectivity index (χ1v) is 9.36. The molecule has 1 aliphatic heterocycles. The van der Waals surface area contributed by atoms with Crippen LogP contribution in [0.3, 0.4) is 0 Å². The smallest absolute Gasteiger partial charge is 0.269 e. The standard InChI is InChI=1S/C21H23FN4O2/c1-26-9-3-6-19(26)17-13-18(25-24-17)20(27)23-14-21(7-10-28-11-8-21)15-4-2-5-16(22)12-15/h2-6,9,12-13H,7-8,10-11,14H2,1H3,(H,23,27)(H,24,25). The molecule has 1 aromatic carbocycles. The van der Waals surface area contributed by atoms with Crippen molar-refractivity contribution >= 4 is 5.91 Å². The van der Waals surface area contributed by atoms with Gasteiger partial charge in [0.1, 0.15) is 17.2 Å². The zero-order valence-corrected chi connectivity index (χ0v) is 15.7. The Balaban J connectivity index is 1.51. The van der Waals surface area contributed by atoms with Crippen molar-refractivity contribution in [2.45, 2.75) is 18.3 Å². The lowest BCUT2D eigenvalue weighted by Gasteiger charge is -2.38. The molecule has 3 aromatic rings. The van der Waals surface area contributed by atoms with Crippen molar-refractivity contribution in [3.8, 4) is 11.4 Å². The Morgan fingerprint density at radius 3 is 2.82 bits per heavy atom. The second-order valence-corrected chi connectivity index (χ2v) is 7.26. The van der Waals surface area contributed by atoms with E-state index < -0.39 is 0 Å². The van der Waals surface area contributed by atoms with E-state index in [4.69, 9.17) is 4.74 Å². The number of amides is 1. The van der Waals surface area contributed by atoms with Gasteiger partial charge in [-0.25, -0.2) is 4.39 Å². The lowest BCUT2D eigenvalue weighted by molar-refractivity contribution is 0.0486. The molecular weight excluding hydrogens is 359 g/mol. The van der Waals surface area contributed by atoms with Crippen molar-refractivity contribution in [1.29, 1.82) is 0 Å². The number of aromatic nitrogens is 3. The Labute approximate surface area is 162 Å². The van der Waals surface area contributed by atoms with Gasteiger partial charge in [-0.15, -0.1) is 0 Å². The third-order valence-corrected chi connectivity index (χ3v) is 5.50. The second-order valence-electron chi connectivity index (χ2n) is 7.26. The summed E-state index contributed by atoms with van der Waals surface area (Å²) in [5.41, 5.74) is 2.60. The van der Waals surface area contributed by atoms with Crippen molar-refractivity contribution in [1.82, 2.24) is 20.1 Å². The summed E-state index contributed by atoms with van der Waals surface area (Å²) in [4.78, 5) is 12.7. The van der Waals surface area contributed by atoms with Gasteiger partial charge in [-0.3, -0.25) is 9.89 Å². The molecular formula is C21H23FN4O2. The molecule has 0 unspecified atom stereocenters. The van der Waals surface area contributed by atoms with Gasteiger partial charge < -0.3 is 14.6 Å². The average Bonchev–Trinajstić information content (AvgIpc) is 3.36. The van der Waals surface area contributed by atoms with Crippen LogP contribution < -0.4 is 5.32 Å². The Morgan fingerprint density at radius 1 is 1.29 bits per heavy atom. The molecule has 2 N–H and O–H groups in total. The van der Waals surface area contributed by atoms with Gasteiger partial charge in [0, 0.05) is 38.4 Å². The molecule has 1 fully saturated rings. The number of nitrogens with zero attached hydrogens (tertiary/aromatic N) is 2. The molecule has 0 saturated carbocycles. The van der Waals surface area contributed by atoms with Gasteiger partial charge in [-0.2, -0.15) is 5.10 Å². The van der Waals surface area contributed by atoms with Crippen molar-refractivity contribution in [3.63, 3.8) is 0 Å². The van der Waals surface area contributed by atoms with Crippen LogP contribution in [-0.2, 0) is 17.2 Å². The van der Waals surface area contributed by atoms with Gasteiger partial charge in [-0.1, -0.05) is 12.1 Å². The lowest BCUT2D eigenvalue weighted by atomic mass is 9.74. The number of aromatic amines is 1. The molecule has 1 saturated heterocycles. The van der Waals surface area contributed by atoms with Crippen LogP contribution >= 0.6 is 0 Å². The van der Waals surface area contributed by atoms with Crippen LogP contribution in [0.1, 0.15) is 28.9 Å². The highest BCUT2D eigenvalue weighted by Gasteiger charge is 2.35. The Kier molecular flexibility index (Phi) is 5.00. The minimum absolute atomic E-state index is 0.227. The summed E-state index contributed by atoms with van der Waals surface area (Å²) in [6, 6.07) is 12.2. The fourth-order valence-corrected chi connectivity index (χ4v) is 3.79. The average molecular weight is 382 g/mol. The lowest BCUT2D eigenvalue weighted by Crippen LogP contribution is -2.44. The summed E-state index contributed by atoms with van der Waals surface area (Å²) in [6.45, 7) is 1.60. The van der Waals surface area contributed by atoms with Gasteiger partial charge in [0.2, 0.25) is 0 Å². The maximum atomic E-state index is 13.8. The van der Waals surface area contributed by atoms with Crippen molar-refractivity contribution in [2.75, 3.05) is 19.8 Å². The van der Waals surface area contributed by atoms with Crippen molar-refractivity contribution < 1.29 is 13.9 Å². The maximum absolute atomic E-state index is 13.8. The summed E-state index contributed by atoms with van der Waals surface area (Å²) in [5.74, 6) is -0.495. The summed E-state index contributed by atoms with van der Waals surface area (Å²) >= 11 is 0. The quantitative estimate of drug-likeness (QED) is 0.713. The van der Waals surface area contributed by atoms with Gasteiger partial charge in [0.05, 0.1) is 5.69 Å². The number of nitrogens with one attached hydrogen (secondary N) is 2. The molecule has 0 bridgehead atoms. The molecule has 0 radical (unpaired) electrons. The third-order valence-electron chi connectivity index (χ3n) is 5.50. The molecule has 0 aliphatic carbocycles. The monoisotopic (exact) mass is 382 g/mol. The van der Waals surface area contributed by atoms with E-state index in [0.29, 0.717) is 31.1 Å². The largest absolute Gasteiger partial charge is 0.381 e. The summed E-state index contributed by atoms with van der Waals surface area (Å²) in [6.07, 6.45) is 3.39. The van der Waals surface area contributed by atoms with E-state index in [2.05, 4.69) is 15.5 Å². The van der Waals surface area contributed by atoms with Gasteiger partial charge in [0.25, 0.3) is 5.91 Å². The minimum atomic E-state index is -0.336. The first-order chi connectivity index (χ1) is 13.6. The van der Waals surface area contributed by atoms with Crippen LogP contribution in [-0.4, -0.2) is 40.4 Å². The molecule has 6 nitrogen and oxygen atoms in total. The van der Waals surface area contributed by atoms with E-state index in [9.17, 15) is 9.18 Å². The van der Waals surface area contributed by atoms with E-state index in [0.717, 1.165) is 24.1 Å². The summed E-state index contributed by atoms with van der Waals surface area (Å²) in [5, 5.41) is 10.1. The first-order valence-electron chi connectivity index (χ1n) is 9.36. The fraction of sp³-hybridized carbons (Fsp3) is 0.333. The Morgan fingerprint density at radius 2 is 2.11 bits per heavy atom. The number of hydrogen-bond acceptors (Lipinski definition) is 3. The van der Waals surface area contributed by atoms with E-state index in [1.54, 1.807) is 18.2 Å². The molecule has 3 heterocycles. The topological polar surface area (TPSA) is 71.9 Å². The van der Waals surface area contributed by atoms with Crippen LogP contribution in [0.4, 0.5) is 4.39 Å². The number of hydrogen-bond donors (Lipinski definition) is 2. The molecule has 0 atom stereocenters. The number of rotatable bonds is 5. The fourth-order valence-electron chi connectivity index (χ4n) is 3.79. The van der Waals surface area contributed by atoms with E-state index in [1.165, 1.54) is 6.07 Å². The molecule has 1 amide bonds. The maximum Gasteiger partial charge on any atom is 0.269 e. The third kappa shape index (κ3) is 3.57. The van der Waals surface area contributed by atoms with Crippen LogP contribution in [0.5, 0.6) is 0 Å². The van der Waals surface area contributed by atoms with E-state index >= 15 is 0 Å².